The summed E-state index contributed by atoms with van der Waals surface area (Å²) in [5, 5.41) is 0. The molecule has 0 N–H and O–H groups in total. The first-order valence-electron chi connectivity index (χ1n) is 7.66. The first kappa shape index (κ1) is 16.5. The van der Waals surface area contributed by atoms with Gasteiger partial charge in [-0.15, -0.1) is 0 Å². The maximum atomic E-state index is 12.6. The van der Waals surface area contributed by atoms with Crippen molar-refractivity contribution in [2.75, 3.05) is 0 Å². The summed E-state index contributed by atoms with van der Waals surface area (Å²) in [7, 11) is 0. The van der Waals surface area contributed by atoms with E-state index in [2.05, 4.69) is 48.5 Å². The standard InChI is InChI=1S/C17H32O2/c1-15(2,3)12-13(16(4,5)6)14(18)19-17(7)10-8-9-11-17/h13H,8-12H2,1-7H3. The molecule has 1 aliphatic rings. The molecule has 1 atom stereocenters. The van der Waals surface area contributed by atoms with Crippen LogP contribution in [0.1, 0.15) is 80.6 Å². The summed E-state index contributed by atoms with van der Waals surface area (Å²) < 4.78 is 5.89. The Bertz CT molecular complexity index is 311. The minimum atomic E-state index is -0.210. The van der Waals surface area contributed by atoms with Crippen molar-refractivity contribution in [1.82, 2.24) is 0 Å². The second kappa shape index (κ2) is 5.46. The van der Waals surface area contributed by atoms with E-state index in [1.807, 2.05) is 0 Å². The van der Waals surface area contributed by atoms with Crippen molar-refractivity contribution >= 4 is 5.97 Å². The van der Waals surface area contributed by atoms with E-state index < -0.39 is 0 Å². The van der Waals surface area contributed by atoms with Gasteiger partial charge in [-0.2, -0.15) is 0 Å². The first-order chi connectivity index (χ1) is 8.43. The van der Waals surface area contributed by atoms with Gasteiger partial charge in [-0.05, 0) is 49.9 Å². The lowest BCUT2D eigenvalue weighted by molar-refractivity contribution is -0.168. The zero-order valence-electron chi connectivity index (χ0n) is 13.9. The molecule has 1 saturated carbocycles. The summed E-state index contributed by atoms with van der Waals surface area (Å²) in [6.07, 6.45) is 5.29. The molecule has 0 aromatic carbocycles. The fraction of sp³-hybridized carbons (Fsp3) is 0.941. The van der Waals surface area contributed by atoms with Gasteiger partial charge in [0.1, 0.15) is 5.60 Å². The van der Waals surface area contributed by atoms with Crippen molar-refractivity contribution in [2.24, 2.45) is 16.7 Å². The topological polar surface area (TPSA) is 26.3 Å². The fourth-order valence-corrected chi connectivity index (χ4v) is 2.89. The highest BCUT2D eigenvalue weighted by Crippen LogP contribution is 2.40. The number of carbonyl (C=O) groups is 1. The summed E-state index contributed by atoms with van der Waals surface area (Å²) in [5.74, 6) is -0.0169. The van der Waals surface area contributed by atoms with Gasteiger partial charge in [0, 0.05) is 0 Å². The molecule has 0 aromatic heterocycles. The summed E-state index contributed by atoms with van der Waals surface area (Å²) >= 11 is 0. The summed E-state index contributed by atoms with van der Waals surface area (Å²) in [5.41, 5.74) is -0.106. The number of hydrogen-bond donors (Lipinski definition) is 0. The number of ether oxygens (including phenoxy) is 1. The van der Waals surface area contributed by atoms with E-state index in [1.165, 1.54) is 12.8 Å². The maximum Gasteiger partial charge on any atom is 0.310 e. The second-order valence-electron chi connectivity index (χ2n) is 8.76. The van der Waals surface area contributed by atoms with Gasteiger partial charge in [0.05, 0.1) is 5.92 Å². The second-order valence-corrected chi connectivity index (χ2v) is 8.76. The Labute approximate surface area is 119 Å². The van der Waals surface area contributed by atoms with Crippen LogP contribution in [0.5, 0.6) is 0 Å². The maximum absolute atomic E-state index is 12.6. The van der Waals surface area contributed by atoms with Crippen LogP contribution < -0.4 is 0 Å². The number of esters is 1. The highest BCUT2D eigenvalue weighted by molar-refractivity contribution is 5.74. The lowest BCUT2D eigenvalue weighted by Crippen LogP contribution is -2.38. The molecule has 0 radical (unpaired) electrons. The van der Waals surface area contributed by atoms with E-state index in [1.54, 1.807) is 0 Å². The summed E-state index contributed by atoms with van der Waals surface area (Å²) in [6, 6.07) is 0. The quantitative estimate of drug-likeness (QED) is 0.676. The van der Waals surface area contributed by atoms with E-state index in [4.69, 9.17) is 4.74 Å². The van der Waals surface area contributed by atoms with Crippen LogP contribution in [0.3, 0.4) is 0 Å². The number of rotatable bonds is 3. The van der Waals surface area contributed by atoms with Crippen LogP contribution in [0.15, 0.2) is 0 Å². The Hall–Kier alpha value is -0.530. The number of hydrogen-bond acceptors (Lipinski definition) is 2. The molecule has 19 heavy (non-hydrogen) atoms. The minimum Gasteiger partial charge on any atom is -0.459 e. The monoisotopic (exact) mass is 268 g/mol. The van der Waals surface area contributed by atoms with Gasteiger partial charge in [0.15, 0.2) is 0 Å². The molecule has 0 bridgehead atoms. The van der Waals surface area contributed by atoms with Gasteiger partial charge in [-0.1, -0.05) is 41.5 Å². The molecule has 0 heterocycles. The van der Waals surface area contributed by atoms with E-state index in [0.717, 1.165) is 19.3 Å². The van der Waals surface area contributed by atoms with Crippen LogP contribution in [0.2, 0.25) is 0 Å². The normalized spacial score (nSPS) is 21.2. The van der Waals surface area contributed by atoms with Crippen LogP contribution in [-0.2, 0) is 9.53 Å². The molecule has 112 valence electrons. The van der Waals surface area contributed by atoms with E-state index in [0.29, 0.717) is 0 Å². The van der Waals surface area contributed by atoms with Gasteiger partial charge in [0.2, 0.25) is 0 Å². The summed E-state index contributed by atoms with van der Waals surface area (Å²) in [6.45, 7) is 15.1. The molecule has 1 unspecified atom stereocenters. The van der Waals surface area contributed by atoms with Gasteiger partial charge in [-0.25, -0.2) is 0 Å². The molecular formula is C17H32O2. The van der Waals surface area contributed by atoms with E-state index >= 15 is 0 Å². The van der Waals surface area contributed by atoms with Gasteiger partial charge >= 0.3 is 5.97 Å². The molecule has 0 saturated heterocycles. The van der Waals surface area contributed by atoms with Crippen LogP contribution in [0.25, 0.3) is 0 Å². The van der Waals surface area contributed by atoms with Crippen LogP contribution in [-0.4, -0.2) is 11.6 Å². The fourth-order valence-electron chi connectivity index (χ4n) is 2.89. The van der Waals surface area contributed by atoms with E-state index in [-0.39, 0.29) is 28.3 Å². The highest BCUT2D eigenvalue weighted by atomic mass is 16.6. The van der Waals surface area contributed by atoms with Crippen molar-refractivity contribution in [3.05, 3.63) is 0 Å². The zero-order valence-corrected chi connectivity index (χ0v) is 13.9. The molecule has 0 aliphatic heterocycles. The Balaban J connectivity index is 2.77. The van der Waals surface area contributed by atoms with Crippen molar-refractivity contribution in [1.29, 1.82) is 0 Å². The molecule has 0 aromatic rings. The molecule has 1 aliphatic carbocycles. The van der Waals surface area contributed by atoms with E-state index in [9.17, 15) is 4.79 Å². The largest absolute Gasteiger partial charge is 0.459 e. The Morgan fingerprint density at radius 2 is 1.58 bits per heavy atom. The third-order valence-electron chi connectivity index (χ3n) is 4.15. The Kier molecular flexibility index (Phi) is 4.75. The smallest absolute Gasteiger partial charge is 0.310 e. The van der Waals surface area contributed by atoms with Gasteiger partial charge in [0.25, 0.3) is 0 Å². The summed E-state index contributed by atoms with van der Waals surface area (Å²) in [4.78, 5) is 12.6. The first-order valence-corrected chi connectivity index (χ1v) is 7.66. The third kappa shape index (κ3) is 5.16. The molecule has 1 rings (SSSR count). The lowest BCUT2D eigenvalue weighted by Gasteiger charge is -2.36. The van der Waals surface area contributed by atoms with Crippen LogP contribution in [0.4, 0.5) is 0 Å². The Morgan fingerprint density at radius 3 is 1.95 bits per heavy atom. The van der Waals surface area contributed by atoms with Crippen LogP contribution >= 0.6 is 0 Å². The van der Waals surface area contributed by atoms with Gasteiger partial charge < -0.3 is 4.74 Å². The van der Waals surface area contributed by atoms with Crippen molar-refractivity contribution in [3.63, 3.8) is 0 Å². The zero-order chi connectivity index (χ0) is 14.9. The molecule has 2 heteroatoms. The molecule has 0 amide bonds. The highest BCUT2D eigenvalue weighted by Gasteiger charge is 2.40. The van der Waals surface area contributed by atoms with Gasteiger partial charge in [-0.3, -0.25) is 4.79 Å². The number of carbonyl (C=O) groups excluding carboxylic acids is 1. The minimum absolute atomic E-state index is 0.00632. The van der Waals surface area contributed by atoms with Crippen molar-refractivity contribution < 1.29 is 9.53 Å². The average Bonchev–Trinajstić information content (AvgIpc) is 2.58. The SMILES string of the molecule is CC(C)(C)CC(C(=O)OC1(C)CCCC1)C(C)(C)C. The molecule has 0 spiro atoms. The Morgan fingerprint density at radius 1 is 1.11 bits per heavy atom. The lowest BCUT2D eigenvalue weighted by atomic mass is 9.72. The van der Waals surface area contributed by atoms with Crippen molar-refractivity contribution in [2.45, 2.75) is 86.2 Å². The van der Waals surface area contributed by atoms with Crippen LogP contribution in [0, 0.1) is 16.7 Å². The third-order valence-corrected chi connectivity index (χ3v) is 4.15. The predicted molar refractivity (Wildman–Crippen MR) is 80.0 cm³/mol. The van der Waals surface area contributed by atoms with Crippen molar-refractivity contribution in [3.8, 4) is 0 Å². The molecule has 1 fully saturated rings. The molecular weight excluding hydrogens is 236 g/mol. The molecule has 2 nitrogen and oxygen atoms in total. The average molecular weight is 268 g/mol. The predicted octanol–water partition coefficient (Wildman–Crippen LogP) is 4.96.